The highest BCUT2D eigenvalue weighted by molar-refractivity contribution is 5.94. The van der Waals surface area contributed by atoms with Gasteiger partial charge in [0.1, 0.15) is 17.1 Å². The molecule has 4 nitrogen and oxygen atoms in total. The van der Waals surface area contributed by atoms with Crippen LogP contribution in [0.4, 0.5) is 0 Å². The fourth-order valence-corrected chi connectivity index (χ4v) is 2.76. The molecule has 0 radical (unpaired) electrons. The average molecular weight is 371 g/mol. The van der Waals surface area contributed by atoms with Crippen LogP contribution < -0.4 is 9.47 Å². The van der Waals surface area contributed by atoms with Crippen LogP contribution in [-0.2, 0) is 0 Å². The van der Waals surface area contributed by atoms with Crippen molar-refractivity contribution in [1.82, 2.24) is 0 Å². The first kappa shape index (κ1) is 19.2. The van der Waals surface area contributed by atoms with Gasteiger partial charge in [0.2, 0.25) is 0 Å². The molecule has 0 saturated carbocycles. The molecule has 0 aliphatic heterocycles. The summed E-state index contributed by atoms with van der Waals surface area (Å²) in [5.74, 6) is 0.519. The second kappa shape index (κ2) is 9.38. The lowest BCUT2D eigenvalue weighted by molar-refractivity contribution is 0.0731. The Balaban J connectivity index is 1.85. The molecule has 0 heterocycles. The first-order chi connectivity index (χ1) is 13.7. The summed E-state index contributed by atoms with van der Waals surface area (Å²) in [6.45, 7) is 2.65. The van der Waals surface area contributed by atoms with Gasteiger partial charge in [0.25, 0.3) is 0 Å². The van der Waals surface area contributed by atoms with Crippen molar-refractivity contribution in [2.75, 3.05) is 6.61 Å². The number of nitrogens with zero attached hydrogens (tertiary/aromatic N) is 1. The zero-order valence-corrected chi connectivity index (χ0v) is 15.7. The molecule has 0 aliphatic carbocycles. The van der Waals surface area contributed by atoms with Gasteiger partial charge in [-0.15, -0.1) is 0 Å². The van der Waals surface area contributed by atoms with Crippen molar-refractivity contribution in [2.24, 2.45) is 0 Å². The lowest BCUT2D eigenvalue weighted by Gasteiger charge is -2.13. The van der Waals surface area contributed by atoms with Gasteiger partial charge in [-0.1, -0.05) is 55.8 Å². The first-order valence-corrected chi connectivity index (χ1v) is 9.26. The van der Waals surface area contributed by atoms with Gasteiger partial charge in [0.15, 0.2) is 0 Å². The summed E-state index contributed by atoms with van der Waals surface area (Å²) in [6, 6.07) is 23.7. The fraction of sp³-hybridized carbons (Fsp3) is 0.167. The number of rotatable bonds is 7. The van der Waals surface area contributed by atoms with E-state index in [1.165, 1.54) is 0 Å². The fourth-order valence-electron chi connectivity index (χ4n) is 2.76. The van der Waals surface area contributed by atoms with E-state index in [1.807, 2.05) is 36.4 Å². The number of hydrogen-bond acceptors (Lipinski definition) is 4. The summed E-state index contributed by atoms with van der Waals surface area (Å²) in [5.41, 5.74) is 2.63. The number of nitriles is 1. The third kappa shape index (κ3) is 4.57. The van der Waals surface area contributed by atoms with Crippen molar-refractivity contribution >= 4 is 5.97 Å². The lowest BCUT2D eigenvalue weighted by atomic mass is 10.0. The predicted octanol–water partition coefficient (Wildman–Crippen LogP) is 5.62. The van der Waals surface area contributed by atoms with Crippen molar-refractivity contribution in [3.63, 3.8) is 0 Å². The Morgan fingerprint density at radius 3 is 2.32 bits per heavy atom. The third-order valence-corrected chi connectivity index (χ3v) is 4.28. The standard InChI is InChI=1S/C24H21NO3/c1-2-3-16-27-22-10-6-5-9-21(22)24(26)28-23-11-7-4-8-20(23)19-14-12-18(17-25)13-15-19/h4-15H,2-3,16H2,1H3. The van der Waals surface area contributed by atoms with E-state index in [0.29, 0.717) is 29.2 Å². The van der Waals surface area contributed by atoms with Gasteiger partial charge < -0.3 is 9.47 Å². The van der Waals surface area contributed by atoms with Crippen molar-refractivity contribution in [2.45, 2.75) is 19.8 Å². The zero-order valence-electron chi connectivity index (χ0n) is 15.7. The van der Waals surface area contributed by atoms with Crippen molar-refractivity contribution in [1.29, 1.82) is 5.26 Å². The van der Waals surface area contributed by atoms with Crippen LogP contribution in [0.1, 0.15) is 35.7 Å². The SMILES string of the molecule is CCCCOc1ccccc1C(=O)Oc1ccccc1-c1ccc(C#N)cc1. The first-order valence-electron chi connectivity index (χ1n) is 9.26. The number of carbonyl (C=O) groups is 1. The molecule has 4 heteroatoms. The maximum absolute atomic E-state index is 12.8. The van der Waals surface area contributed by atoms with Crippen molar-refractivity contribution < 1.29 is 14.3 Å². The molecule has 0 aliphatic rings. The van der Waals surface area contributed by atoms with E-state index in [4.69, 9.17) is 14.7 Å². The van der Waals surface area contributed by atoms with Crippen LogP contribution in [0, 0.1) is 11.3 Å². The molecule has 28 heavy (non-hydrogen) atoms. The number of ether oxygens (including phenoxy) is 2. The molecule has 3 rings (SSSR count). The Morgan fingerprint density at radius 1 is 0.929 bits per heavy atom. The second-order valence-corrected chi connectivity index (χ2v) is 6.27. The normalized spacial score (nSPS) is 10.1. The topological polar surface area (TPSA) is 59.3 Å². The van der Waals surface area contributed by atoms with Crippen LogP contribution in [0.25, 0.3) is 11.1 Å². The third-order valence-electron chi connectivity index (χ3n) is 4.28. The summed E-state index contributed by atoms with van der Waals surface area (Å²) < 4.78 is 11.5. The zero-order chi connectivity index (χ0) is 19.8. The maximum atomic E-state index is 12.8. The predicted molar refractivity (Wildman–Crippen MR) is 108 cm³/mol. The van der Waals surface area contributed by atoms with E-state index >= 15 is 0 Å². The van der Waals surface area contributed by atoms with Gasteiger partial charge in [0, 0.05) is 5.56 Å². The van der Waals surface area contributed by atoms with Gasteiger partial charge in [0.05, 0.1) is 18.2 Å². The smallest absolute Gasteiger partial charge is 0.347 e. The van der Waals surface area contributed by atoms with Crippen molar-refractivity contribution in [3.8, 4) is 28.7 Å². The van der Waals surface area contributed by atoms with Gasteiger partial charge in [-0.3, -0.25) is 0 Å². The highest BCUT2D eigenvalue weighted by Crippen LogP contribution is 2.31. The summed E-state index contributed by atoms with van der Waals surface area (Å²) in [4.78, 5) is 12.8. The van der Waals surface area contributed by atoms with E-state index in [1.54, 1.807) is 36.4 Å². The van der Waals surface area contributed by atoms with E-state index in [-0.39, 0.29) is 0 Å². The Hall–Kier alpha value is -3.58. The molecule has 0 N–H and O–H groups in total. The molecular formula is C24H21NO3. The Labute approximate surface area is 165 Å². The maximum Gasteiger partial charge on any atom is 0.347 e. The molecule has 0 unspecified atom stereocenters. The van der Waals surface area contributed by atoms with E-state index < -0.39 is 5.97 Å². The van der Waals surface area contributed by atoms with Crippen LogP contribution in [0.2, 0.25) is 0 Å². The summed E-state index contributed by atoms with van der Waals surface area (Å²) in [6.07, 6.45) is 1.94. The molecule has 0 aromatic heterocycles. The van der Waals surface area contributed by atoms with Crippen LogP contribution in [0.5, 0.6) is 11.5 Å². The molecule has 0 fully saturated rings. The van der Waals surface area contributed by atoms with Gasteiger partial charge >= 0.3 is 5.97 Å². The molecule has 0 atom stereocenters. The molecule has 0 bridgehead atoms. The largest absolute Gasteiger partial charge is 0.493 e. The van der Waals surface area contributed by atoms with Crippen LogP contribution in [0.15, 0.2) is 72.8 Å². The lowest BCUT2D eigenvalue weighted by Crippen LogP contribution is -2.11. The molecular weight excluding hydrogens is 350 g/mol. The minimum atomic E-state index is -0.465. The molecule has 0 amide bonds. The van der Waals surface area contributed by atoms with Crippen LogP contribution in [0.3, 0.4) is 0 Å². The summed E-state index contributed by atoms with van der Waals surface area (Å²) in [7, 11) is 0. The Morgan fingerprint density at radius 2 is 1.61 bits per heavy atom. The van der Waals surface area contributed by atoms with Crippen LogP contribution in [-0.4, -0.2) is 12.6 Å². The molecule has 0 spiro atoms. The van der Waals surface area contributed by atoms with E-state index in [2.05, 4.69) is 13.0 Å². The van der Waals surface area contributed by atoms with Gasteiger partial charge in [-0.2, -0.15) is 5.26 Å². The summed E-state index contributed by atoms with van der Waals surface area (Å²) in [5, 5.41) is 8.97. The molecule has 0 saturated heterocycles. The number of benzene rings is 3. The Kier molecular flexibility index (Phi) is 6.43. The number of unbranched alkanes of at least 4 members (excludes halogenated alkanes) is 1. The highest BCUT2D eigenvalue weighted by Gasteiger charge is 2.16. The Bertz CT molecular complexity index is 987. The van der Waals surface area contributed by atoms with E-state index in [9.17, 15) is 4.79 Å². The highest BCUT2D eigenvalue weighted by atomic mass is 16.5. The number of carbonyl (C=O) groups excluding carboxylic acids is 1. The second-order valence-electron chi connectivity index (χ2n) is 6.27. The number of para-hydroxylation sites is 2. The molecule has 3 aromatic carbocycles. The van der Waals surface area contributed by atoms with Gasteiger partial charge in [-0.25, -0.2) is 4.79 Å². The van der Waals surface area contributed by atoms with Crippen molar-refractivity contribution in [3.05, 3.63) is 83.9 Å². The quantitative estimate of drug-likeness (QED) is 0.307. The number of esters is 1. The number of hydrogen-bond donors (Lipinski definition) is 0. The summed E-state index contributed by atoms with van der Waals surface area (Å²) >= 11 is 0. The monoisotopic (exact) mass is 371 g/mol. The van der Waals surface area contributed by atoms with Crippen LogP contribution >= 0.6 is 0 Å². The van der Waals surface area contributed by atoms with Gasteiger partial charge in [-0.05, 0) is 42.3 Å². The minimum Gasteiger partial charge on any atom is -0.493 e. The van der Waals surface area contributed by atoms with E-state index in [0.717, 1.165) is 24.0 Å². The molecule has 3 aromatic rings. The minimum absolute atomic E-state index is 0.397. The average Bonchev–Trinajstić information content (AvgIpc) is 2.75. The molecule has 140 valence electrons.